The van der Waals surface area contributed by atoms with Gasteiger partial charge in [-0.25, -0.2) is 4.39 Å². The van der Waals surface area contributed by atoms with Gasteiger partial charge in [0.1, 0.15) is 24.7 Å². The van der Waals surface area contributed by atoms with E-state index in [4.69, 9.17) is 27.6 Å². The Morgan fingerprint density at radius 2 is 1.57 bits per heavy atom. The summed E-state index contributed by atoms with van der Waals surface area (Å²) < 4.78 is 18.7. The van der Waals surface area contributed by atoms with Crippen LogP contribution in [0.1, 0.15) is 11.3 Å². The van der Waals surface area contributed by atoms with Gasteiger partial charge in [-0.3, -0.25) is 0 Å². The first-order valence-corrected chi connectivity index (χ1v) is 7.97. The molecule has 0 radical (unpaired) electrons. The summed E-state index contributed by atoms with van der Waals surface area (Å²) in [6.07, 6.45) is 0. The molecule has 0 spiro atoms. The highest BCUT2D eigenvalue weighted by molar-refractivity contribution is 6.35. The zero-order chi connectivity index (χ0) is 16.2. The van der Waals surface area contributed by atoms with Gasteiger partial charge in [0.25, 0.3) is 0 Å². The van der Waals surface area contributed by atoms with Crippen molar-refractivity contribution in [3.05, 3.63) is 81.8 Å². The summed E-state index contributed by atoms with van der Waals surface area (Å²) in [5.74, 6) is 1.38. The van der Waals surface area contributed by atoms with Crippen LogP contribution in [0.3, 0.4) is 0 Å². The van der Waals surface area contributed by atoms with Gasteiger partial charge in [-0.05, 0) is 42.5 Å². The average Bonchev–Trinajstić information content (AvgIpc) is 2.97. The minimum absolute atomic E-state index is 0.218. The molecule has 0 unspecified atom stereocenters. The maximum absolute atomic E-state index is 12.9. The lowest BCUT2D eigenvalue weighted by Gasteiger charge is -2.01. The van der Waals surface area contributed by atoms with Crippen molar-refractivity contribution < 1.29 is 14.1 Å². The molecule has 23 heavy (non-hydrogen) atoms. The van der Waals surface area contributed by atoms with E-state index in [9.17, 15) is 4.39 Å². The molecule has 3 rings (SSSR count). The highest BCUT2D eigenvalue weighted by Crippen LogP contribution is 2.28. The van der Waals surface area contributed by atoms with E-state index in [1.807, 2.05) is 24.3 Å². The Morgan fingerprint density at radius 1 is 0.870 bits per heavy atom. The summed E-state index contributed by atoms with van der Waals surface area (Å²) in [4.78, 5) is 0. The van der Waals surface area contributed by atoms with E-state index in [-0.39, 0.29) is 5.82 Å². The quantitative estimate of drug-likeness (QED) is 0.712. The van der Waals surface area contributed by atoms with Crippen LogP contribution in [0, 0.1) is 5.82 Å². The number of benzene rings is 2. The largest absolute Gasteiger partial charge is 0.455 e. The van der Waals surface area contributed by atoms with Crippen LogP contribution in [0.25, 0.3) is 11.3 Å². The molecule has 2 N–H and O–H groups in total. The first-order valence-electron chi connectivity index (χ1n) is 7.21. The number of hydrogen-bond acceptors (Lipinski definition) is 1. The van der Waals surface area contributed by atoms with Gasteiger partial charge in [-0.1, -0.05) is 35.3 Å². The zero-order valence-electron chi connectivity index (χ0n) is 12.2. The molecule has 0 amide bonds. The maximum Gasteiger partial charge on any atom is 0.158 e. The zero-order valence-corrected chi connectivity index (χ0v) is 13.7. The van der Waals surface area contributed by atoms with Crippen LogP contribution < -0.4 is 5.32 Å². The minimum Gasteiger partial charge on any atom is -0.455 e. The van der Waals surface area contributed by atoms with E-state index in [2.05, 4.69) is 5.32 Å². The van der Waals surface area contributed by atoms with Crippen LogP contribution in [0.4, 0.5) is 4.39 Å². The molecule has 2 nitrogen and oxygen atoms in total. The van der Waals surface area contributed by atoms with Crippen molar-refractivity contribution in [3.8, 4) is 11.3 Å². The molecule has 3 aromatic rings. The van der Waals surface area contributed by atoms with Gasteiger partial charge in [0.2, 0.25) is 0 Å². The van der Waals surface area contributed by atoms with Gasteiger partial charge in [-0.15, -0.1) is 0 Å². The highest BCUT2D eigenvalue weighted by atomic mass is 35.5. The van der Waals surface area contributed by atoms with Gasteiger partial charge in [0.05, 0.1) is 0 Å². The molecule has 0 aliphatic rings. The van der Waals surface area contributed by atoms with Crippen LogP contribution in [0.5, 0.6) is 0 Å². The van der Waals surface area contributed by atoms with Crippen molar-refractivity contribution in [2.45, 2.75) is 13.1 Å². The summed E-state index contributed by atoms with van der Waals surface area (Å²) in [5, 5.41) is 3.25. The second-order valence-corrected chi connectivity index (χ2v) is 6.12. The number of rotatable bonds is 5. The fourth-order valence-corrected chi connectivity index (χ4v) is 2.87. The first-order chi connectivity index (χ1) is 11.1. The third kappa shape index (κ3) is 4.35. The molecule has 0 saturated heterocycles. The molecule has 0 bridgehead atoms. The van der Waals surface area contributed by atoms with Gasteiger partial charge in [0, 0.05) is 21.2 Å². The Hall–Kier alpha value is -1.81. The monoisotopic (exact) mass is 350 g/mol. The second kappa shape index (κ2) is 7.18. The van der Waals surface area contributed by atoms with Gasteiger partial charge < -0.3 is 9.73 Å². The highest BCUT2D eigenvalue weighted by Gasteiger charge is 2.08. The van der Waals surface area contributed by atoms with Crippen molar-refractivity contribution in [2.24, 2.45) is 0 Å². The fourth-order valence-electron chi connectivity index (χ4n) is 2.34. The molecule has 2 aromatic carbocycles. The van der Waals surface area contributed by atoms with E-state index in [1.165, 1.54) is 12.1 Å². The molecule has 0 aliphatic carbocycles. The van der Waals surface area contributed by atoms with E-state index >= 15 is 0 Å². The number of nitrogens with two attached hydrogens (primary N) is 1. The molecule has 1 aromatic heterocycles. The number of quaternary nitrogens is 1. The summed E-state index contributed by atoms with van der Waals surface area (Å²) in [5.41, 5.74) is 1.92. The summed E-state index contributed by atoms with van der Waals surface area (Å²) in [6.45, 7) is 1.46. The molecule has 118 valence electrons. The second-order valence-electron chi connectivity index (χ2n) is 5.25. The van der Waals surface area contributed by atoms with E-state index in [0.29, 0.717) is 16.6 Å². The number of furan rings is 1. The third-order valence-corrected chi connectivity index (χ3v) is 3.88. The SMILES string of the molecule is Fc1ccc(C[NH2+]Cc2ccc(-c3cc(Cl)cc(Cl)c3)o2)cc1. The Kier molecular flexibility index (Phi) is 5.01. The Bertz CT molecular complexity index is 779. The van der Waals surface area contributed by atoms with Crippen LogP contribution in [0.15, 0.2) is 59.0 Å². The molecule has 0 fully saturated rings. The Labute approximate surface area is 143 Å². The van der Waals surface area contributed by atoms with Crippen molar-refractivity contribution >= 4 is 23.2 Å². The fraction of sp³-hybridized carbons (Fsp3) is 0.111. The lowest BCUT2D eigenvalue weighted by Crippen LogP contribution is -2.80. The van der Waals surface area contributed by atoms with Crippen LogP contribution in [-0.2, 0) is 13.1 Å². The lowest BCUT2D eigenvalue weighted by atomic mass is 10.2. The van der Waals surface area contributed by atoms with Gasteiger partial charge >= 0.3 is 0 Å². The first kappa shape index (κ1) is 16.1. The molecule has 1 heterocycles. The van der Waals surface area contributed by atoms with Gasteiger partial charge in [0.15, 0.2) is 5.76 Å². The van der Waals surface area contributed by atoms with Crippen LogP contribution in [0.2, 0.25) is 10.0 Å². The molecule has 0 aliphatic heterocycles. The molecule has 5 heteroatoms. The van der Waals surface area contributed by atoms with Crippen molar-refractivity contribution in [2.75, 3.05) is 0 Å². The standard InChI is InChI=1S/C18H14Cl2FNO/c19-14-7-13(8-15(20)9-14)18-6-5-17(23-18)11-22-10-12-1-3-16(21)4-2-12/h1-9,22H,10-11H2/p+1. The van der Waals surface area contributed by atoms with Crippen LogP contribution >= 0.6 is 23.2 Å². The van der Waals surface area contributed by atoms with Crippen molar-refractivity contribution in [1.82, 2.24) is 0 Å². The molecule has 0 saturated carbocycles. The van der Waals surface area contributed by atoms with Crippen LogP contribution in [-0.4, -0.2) is 0 Å². The Balaban J connectivity index is 1.62. The summed E-state index contributed by atoms with van der Waals surface area (Å²) in [6, 6.07) is 15.7. The number of hydrogen-bond donors (Lipinski definition) is 1. The van der Waals surface area contributed by atoms with E-state index < -0.39 is 0 Å². The van der Waals surface area contributed by atoms with Crippen molar-refractivity contribution in [3.63, 3.8) is 0 Å². The summed E-state index contributed by atoms with van der Waals surface area (Å²) >= 11 is 12.0. The minimum atomic E-state index is -0.218. The smallest absolute Gasteiger partial charge is 0.158 e. The van der Waals surface area contributed by atoms with E-state index in [0.717, 1.165) is 29.2 Å². The third-order valence-electron chi connectivity index (χ3n) is 3.45. The average molecular weight is 351 g/mol. The molecular formula is C18H15Cl2FNO+. The number of halogens is 3. The maximum atomic E-state index is 12.9. The predicted molar refractivity (Wildman–Crippen MR) is 89.9 cm³/mol. The predicted octanol–water partition coefficient (Wildman–Crippen LogP) is 4.66. The van der Waals surface area contributed by atoms with Gasteiger partial charge in [-0.2, -0.15) is 0 Å². The molecular weight excluding hydrogens is 336 g/mol. The topological polar surface area (TPSA) is 29.8 Å². The summed E-state index contributed by atoms with van der Waals surface area (Å²) in [7, 11) is 0. The van der Waals surface area contributed by atoms with E-state index in [1.54, 1.807) is 18.2 Å². The normalized spacial score (nSPS) is 10.9. The van der Waals surface area contributed by atoms with Crippen molar-refractivity contribution in [1.29, 1.82) is 0 Å². The lowest BCUT2D eigenvalue weighted by molar-refractivity contribution is -0.687. The molecule has 0 atom stereocenters. The Morgan fingerprint density at radius 3 is 2.26 bits per heavy atom.